The van der Waals surface area contributed by atoms with Gasteiger partial charge in [-0.1, -0.05) is 12.5 Å². The Morgan fingerprint density at radius 3 is 2.90 bits per heavy atom. The summed E-state index contributed by atoms with van der Waals surface area (Å²) in [7, 11) is 0. The molecule has 0 aliphatic carbocycles. The zero-order valence-electron chi connectivity index (χ0n) is 12.3. The number of piperidine rings is 1. The van der Waals surface area contributed by atoms with E-state index in [0.29, 0.717) is 18.2 Å². The van der Waals surface area contributed by atoms with Crippen molar-refractivity contribution in [3.05, 3.63) is 36.7 Å². The summed E-state index contributed by atoms with van der Waals surface area (Å²) in [4.78, 5) is 12.3. The van der Waals surface area contributed by atoms with Crippen molar-refractivity contribution in [3.8, 4) is 0 Å². The van der Waals surface area contributed by atoms with Crippen LogP contribution in [0.3, 0.4) is 0 Å². The van der Waals surface area contributed by atoms with Crippen molar-refractivity contribution in [1.82, 2.24) is 9.88 Å². The summed E-state index contributed by atoms with van der Waals surface area (Å²) in [5, 5.41) is 3.37. The number of hydrogen-bond donors (Lipinski definition) is 1. The molecule has 2 heterocycles. The first kappa shape index (κ1) is 15.0. The summed E-state index contributed by atoms with van der Waals surface area (Å²) in [6.45, 7) is 5.83. The van der Waals surface area contributed by atoms with Crippen molar-refractivity contribution >= 4 is 5.78 Å². The van der Waals surface area contributed by atoms with Crippen molar-refractivity contribution < 1.29 is 4.79 Å². The number of aromatic nitrogens is 1. The number of carbonyl (C=O) groups excluding carboxylic acids is 1. The molecule has 1 saturated heterocycles. The first-order valence-electron chi connectivity index (χ1n) is 7.84. The number of allylic oxidation sites excluding steroid dienone is 1. The van der Waals surface area contributed by atoms with E-state index in [2.05, 4.69) is 22.7 Å². The maximum absolute atomic E-state index is 12.3. The van der Waals surface area contributed by atoms with Gasteiger partial charge in [0.05, 0.1) is 5.69 Å². The average Bonchev–Trinajstić information content (AvgIpc) is 2.97. The summed E-state index contributed by atoms with van der Waals surface area (Å²) in [6, 6.07) is 4.48. The highest BCUT2D eigenvalue weighted by Gasteiger charge is 2.19. The molecule has 0 unspecified atom stereocenters. The average molecular weight is 274 g/mol. The molecular weight excluding hydrogens is 248 g/mol. The summed E-state index contributed by atoms with van der Waals surface area (Å²) in [5.41, 5.74) is 0.903. The van der Waals surface area contributed by atoms with Gasteiger partial charge >= 0.3 is 0 Å². The Hall–Kier alpha value is -1.35. The number of rotatable bonds is 8. The summed E-state index contributed by atoms with van der Waals surface area (Å²) in [5.74, 6) is 0.298. The number of nitrogens with zero attached hydrogens (tertiary/aromatic N) is 1. The first-order valence-corrected chi connectivity index (χ1v) is 7.84. The van der Waals surface area contributed by atoms with Crippen molar-refractivity contribution in [2.24, 2.45) is 0 Å². The van der Waals surface area contributed by atoms with Crippen LogP contribution in [0.15, 0.2) is 31.0 Å². The molecule has 0 spiro atoms. The van der Waals surface area contributed by atoms with E-state index >= 15 is 0 Å². The van der Waals surface area contributed by atoms with Gasteiger partial charge in [-0.25, -0.2) is 0 Å². The van der Waals surface area contributed by atoms with E-state index in [4.69, 9.17) is 0 Å². The lowest BCUT2D eigenvalue weighted by molar-refractivity contribution is 0.0966. The van der Waals surface area contributed by atoms with E-state index in [1.807, 2.05) is 18.2 Å². The van der Waals surface area contributed by atoms with E-state index in [9.17, 15) is 4.79 Å². The number of nitrogens with one attached hydrogen (secondary N) is 1. The van der Waals surface area contributed by atoms with Crippen molar-refractivity contribution in [1.29, 1.82) is 0 Å². The van der Waals surface area contributed by atoms with Crippen LogP contribution in [0, 0.1) is 0 Å². The van der Waals surface area contributed by atoms with Gasteiger partial charge in [-0.15, -0.1) is 6.58 Å². The second-order valence-corrected chi connectivity index (χ2v) is 5.59. The number of Topliss-reactive ketones (excluding diaryl/α,β-unsaturated/α-hetero) is 1. The normalized spacial score (nSPS) is 16.2. The van der Waals surface area contributed by atoms with E-state index < -0.39 is 0 Å². The van der Waals surface area contributed by atoms with Gasteiger partial charge in [0, 0.05) is 18.7 Å². The number of hydrogen-bond acceptors (Lipinski definition) is 2. The van der Waals surface area contributed by atoms with E-state index in [-0.39, 0.29) is 0 Å². The quantitative estimate of drug-likeness (QED) is 0.445. The molecule has 0 radical (unpaired) electrons. The number of ketones is 1. The van der Waals surface area contributed by atoms with Crippen LogP contribution in [0.5, 0.6) is 0 Å². The third-order valence-corrected chi connectivity index (χ3v) is 4.08. The Labute approximate surface area is 122 Å². The van der Waals surface area contributed by atoms with Gasteiger partial charge in [0.1, 0.15) is 0 Å². The lowest BCUT2D eigenvalue weighted by Crippen LogP contribution is -2.30. The van der Waals surface area contributed by atoms with Gasteiger partial charge in [0.15, 0.2) is 5.78 Å². The third-order valence-electron chi connectivity index (χ3n) is 4.08. The largest absolute Gasteiger partial charge is 0.342 e. The molecule has 3 heteroatoms. The van der Waals surface area contributed by atoms with E-state index in [1.54, 1.807) is 0 Å². The molecule has 0 aromatic carbocycles. The second kappa shape index (κ2) is 8.05. The standard InChI is InChI=1S/C17H26N2O/c1-2-3-4-5-6-9-17(20)16-8-7-14-19(16)15-10-12-18-13-11-15/h2,7-8,14-15,18H,1,3-6,9-13H2. The van der Waals surface area contributed by atoms with Crippen molar-refractivity contribution in [3.63, 3.8) is 0 Å². The molecule has 20 heavy (non-hydrogen) atoms. The lowest BCUT2D eigenvalue weighted by atomic mass is 10.0. The minimum absolute atomic E-state index is 0.298. The molecule has 2 rings (SSSR count). The van der Waals surface area contributed by atoms with Crippen molar-refractivity contribution in [2.75, 3.05) is 13.1 Å². The van der Waals surface area contributed by atoms with Gasteiger partial charge in [0.2, 0.25) is 0 Å². The first-order chi connectivity index (χ1) is 9.83. The predicted molar refractivity (Wildman–Crippen MR) is 83.2 cm³/mol. The Bertz CT molecular complexity index is 430. The van der Waals surface area contributed by atoms with E-state index in [0.717, 1.165) is 57.3 Å². The molecule has 1 fully saturated rings. The Balaban J connectivity index is 1.86. The molecular formula is C17H26N2O. The van der Waals surface area contributed by atoms with Gasteiger partial charge in [-0.05, 0) is 57.3 Å². The maximum Gasteiger partial charge on any atom is 0.179 e. The topological polar surface area (TPSA) is 34.0 Å². The van der Waals surface area contributed by atoms with Gasteiger partial charge in [-0.2, -0.15) is 0 Å². The summed E-state index contributed by atoms with van der Waals surface area (Å²) >= 11 is 0. The molecule has 0 saturated carbocycles. The van der Waals surface area contributed by atoms with Crippen LogP contribution in [0.25, 0.3) is 0 Å². The molecule has 0 bridgehead atoms. The van der Waals surface area contributed by atoms with Gasteiger partial charge in [0.25, 0.3) is 0 Å². The fourth-order valence-corrected chi connectivity index (χ4v) is 2.91. The molecule has 3 nitrogen and oxygen atoms in total. The fraction of sp³-hybridized carbons (Fsp3) is 0.588. The Kier molecular flexibility index (Phi) is 6.06. The molecule has 0 atom stereocenters. The smallest absolute Gasteiger partial charge is 0.179 e. The van der Waals surface area contributed by atoms with Gasteiger partial charge < -0.3 is 9.88 Å². The number of carbonyl (C=O) groups is 1. The lowest BCUT2D eigenvalue weighted by Gasteiger charge is -2.25. The van der Waals surface area contributed by atoms with Crippen LogP contribution in [0.2, 0.25) is 0 Å². The van der Waals surface area contributed by atoms with Crippen LogP contribution in [-0.4, -0.2) is 23.4 Å². The minimum Gasteiger partial charge on any atom is -0.342 e. The van der Waals surface area contributed by atoms with Crippen LogP contribution >= 0.6 is 0 Å². The SMILES string of the molecule is C=CCCCCCC(=O)c1cccn1C1CCNCC1. The fourth-order valence-electron chi connectivity index (χ4n) is 2.91. The predicted octanol–water partition coefficient (Wildman–Crippen LogP) is 3.73. The minimum atomic E-state index is 0.298. The highest BCUT2D eigenvalue weighted by atomic mass is 16.1. The van der Waals surface area contributed by atoms with Crippen LogP contribution in [0.4, 0.5) is 0 Å². The third kappa shape index (κ3) is 4.07. The monoisotopic (exact) mass is 274 g/mol. The zero-order chi connectivity index (χ0) is 14.2. The van der Waals surface area contributed by atoms with Crippen molar-refractivity contribution in [2.45, 2.75) is 51.0 Å². The zero-order valence-corrected chi connectivity index (χ0v) is 12.3. The van der Waals surface area contributed by atoms with Gasteiger partial charge in [-0.3, -0.25) is 4.79 Å². The molecule has 110 valence electrons. The summed E-state index contributed by atoms with van der Waals surface area (Å²) < 4.78 is 2.20. The highest BCUT2D eigenvalue weighted by molar-refractivity contribution is 5.94. The van der Waals surface area contributed by atoms with Crippen LogP contribution in [0.1, 0.15) is 61.5 Å². The molecule has 1 aromatic rings. The Morgan fingerprint density at radius 1 is 1.35 bits per heavy atom. The molecule has 1 N–H and O–H groups in total. The second-order valence-electron chi connectivity index (χ2n) is 5.59. The molecule has 1 aliphatic heterocycles. The van der Waals surface area contributed by atoms with E-state index in [1.165, 1.54) is 0 Å². The highest BCUT2D eigenvalue weighted by Crippen LogP contribution is 2.22. The molecule has 0 amide bonds. The number of unbranched alkanes of at least 4 members (excludes halogenated alkanes) is 3. The van der Waals surface area contributed by atoms with Crippen LogP contribution < -0.4 is 5.32 Å². The molecule has 1 aromatic heterocycles. The molecule has 1 aliphatic rings. The Morgan fingerprint density at radius 2 is 2.15 bits per heavy atom. The maximum atomic E-state index is 12.3. The van der Waals surface area contributed by atoms with Crippen LogP contribution in [-0.2, 0) is 0 Å². The summed E-state index contributed by atoms with van der Waals surface area (Å²) in [6.07, 6.45) is 11.2.